The highest BCUT2D eigenvalue weighted by molar-refractivity contribution is 9.10. The lowest BCUT2D eigenvalue weighted by atomic mass is 9.83. The Kier molecular flexibility index (Phi) is 7.29. The van der Waals surface area contributed by atoms with E-state index in [9.17, 15) is 4.79 Å². The number of aryl methyl sites for hydroxylation is 1. The molecule has 1 aliphatic carbocycles. The Morgan fingerprint density at radius 2 is 1.69 bits per heavy atom. The Morgan fingerprint density at radius 1 is 0.911 bits per heavy atom. The lowest BCUT2D eigenvalue weighted by molar-refractivity contribution is 0.306. The summed E-state index contributed by atoms with van der Waals surface area (Å²) in [6.07, 6.45) is 3.68. The van der Waals surface area contributed by atoms with Crippen LogP contribution in [0.5, 0.6) is 5.75 Å². The van der Waals surface area contributed by atoms with Crippen molar-refractivity contribution < 1.29 is 4.74 Å². The molecule has 8 rings (SSSR count). The van der Waals surface area contributed by atoms with E-state index in [2.05, 4.69) is 58.4 Å². The van der Waals surface area contributed by atoms with Crippen molar-refractivity contribution in [2.45, 2.75) is 25.5 Å². The van der Waals surface area contributed by atoms with Crippen LogP contribution >= 0.6 is 38.9 Å². The highest BCUT2D eigenvalue weighted by atomic mass is 79.9. The zero-order chi connectivity index (χ0) is 30.5. The predicted molar refractivity (Wildman–Crippen MR) is 187 cm³/mol. The number of hydrogen-bond donors (Lipinski definition) is 0. The first-order valence-electron chi connectivity index (χ1n) is 14.8. The average molecular weight is 690 g/mol. The molecule has 0 N–H and O–H groups in total. The van der Waals surface area contributed by atoms with Crippen molar-refractivity contribution in [1.82, 2.24) is 4.57 Å². The zero-order valence-corrected chi connectivity index (χ0v) is 27.2. The fraction of sp³-hybridized carbons (Fsp3) is 0.105. The molecule has 0 unspecified atom stereocenters. The van der Waals surface area contributed by atoms with Gasteiger partial charge in [0.05, 0.1) is 16.3 Å². The first kappa shape index (κ1) is 28.3. The van der Waals surface area contributed by atoms with Crippen LogP contribution in [0.3, 0.4) is 0 Å². The molecule has 0 spiro atoms. The van der Waals surface area contributed by atoms with Crippen LogP contribution in [0, 0.1) is 0 Å². The minimum atomic E-state index is -0.332. The average Bonchev–Trinajstić information content (AvgIpc) is 3.38. The fourth-order valence-electron chi connectivity index (χ4n) is 6.42. The van der Waals surface area contributed by atoms with Crippen molar-refractivity contribution in [1.29, 1.82) is 0 Å². The van der Waals surface area contributed by atoms with Crippen molar-refractivity contribution in [2.75, 3.05) is 0 Å². The SMILES string of the molecule is O=c1/c(=C\c2c(OCc3ccc(Br)cc3)ccc3ccccc23)sc2n1[C@H](c1ccccc1Cl)C1=C(N=2)c2ccccc2CC1. The third-order valence-electron chi connectivity index (χ3n) is 8.59. The van der Waals surface area contributed by atoms with Gasteiger partial charge in [-0.3, -0.25) is 9.36 Å². The van der Waals surface area contributed by atoms with Crippen molar-refractivity contribution in [3.05, 3.63) is 172 Å². The molecule has 1 aliphatic heterocycles. The zero-order valence-electron chi connectivity index (χ0n) is 24.0. The molecule has 1 atom stereocenters. The van der Waals surface area contributed by atoms with Crippen LogP contribution in [0.25, 0.3) is 22.5 Å². The minimum Gasteiger partial charge on any atom is -0.488 e. The summed E-state index contributed by atoms with van der Waals surface area (Å²) in [4.78, 5) is 20.3. The van der Waals surface area contributed by atoms with E-state index < -0.39 is 0 Å². The number of nitrogens with zero attached hydrogens (tertiary/aromatic N) is 2. The molecule has 220 valence electrons. The molecular weight excluding hydrogens is 664 g/mol. The molecule has 0 amide bonds. The van der Waals surface area contributed by atoms with Gasteiger partial charge in [-0.2, -0.15) is 0 Å². The molecule has 0 saturated heterocycles. The smallest absolute Gasteiger partial charge is 0.271 e. The van der Waals surface area contributed by atoms with Crippen LogP contribution in [0.2, 0.25) is 5.02 Å². The number of allylic oxidation sites excluding steroid dienone is 1. The maximum atomic E-state index is 14.5. The summed E-state index contributed by atoms with van der Waals surface area (Å²) in [5.41, 5.74) is 7.26. The van der Waals surface area contributed by atoms with Gasteiger partial charge in [-0.25, -0.2) is 4.99 Å². The van der Waals surface area contributed by atoms with Gasteiger partial charge in [-0.05, 0) is 76.2 Å². The van der Waals surface area contributed by atoms with Crippen LogP contribution in [-0.4, -0.2) is 4.57 Å². The molecule has 1 aromatic heterocycles. The molecule has 2 heterocycles. The number of thiazole rings is 1. The summed E-state index contributed by atoms with van der Waals surface area (Å²) in [5.74, 6) is 0.721. The van der Waals surface area contributed by atoms with Gasteiger partial charge in [-0.15, -0.1) is 0 Å². The largest absolute Gasteiger partial charge is 0.488 e. The summed E-state index contributed by atoms with van der Waals surface area (Å²) in [7, 11) is 0. The molecule has 0 radical (unpaired) electrons. The molecule has 0 fully saturated rings. The second kappa shape index (κ2) is 11.6. The summed E-state index contributed by atoms with van der Waals surface area (Å²) in [6.45, 7) is 0.409. The Bertz CT molecular complexity index is 2340. The van der Waals surface area contributed by atoms with E-state index >= 15 is 0 Å². The number of halogens is 2. The lowest BCUT2D eigenvalue weighted by Gasteiger charge is -2.31. The number of rotatable bonds is 5. The molecule has 6 aromatic rings. The number of ether oxygens (including phenoxy) is 1. The van der Waals surface area contributed by atoms with E-state index in [-0.39, 0.29) is 11.6 Å². The molecular formula is C38H26BrClN2O2S. The third kappa shape index (κ3) is 5.07. The third-order valence-corrected chi connectivity index (χ3v) is 10.4. The highest BCUT2D eigenvalue weighted by Gasteiger charge is 2.33. The fourth-order valence-corrected chi connectivity index (χ4v) is 7.91. The van der Waals surface area contributed by atoms with Crippen molar-refractivity contribution in [3.63, 3.8) is 0 Å². The molecule has 5 aromatic carbocycles. The number of benzene rings is 5. The van der Waals surface area contributed by atoms with Gasteiger partial charge in [0.15, 0.2) is 4.80 Å². The number of aromatic nitrogens is 1. The number of hydrogen-bond acceptors (Lipinski definition) is 4. The Hall–Kier alpha value is -4.23. The monoisotopic (exact) mass is 688 g/mol. The second-order valence-electron chi connectivity index (χ2n) is 11.2. The van der Waals surface area contributed by atoms with E-state index in [0.29, 0.717) is 21.0 Å². The molecule has 2 aliphatic rings. The summed E-state index contributed by atoms with van der Waals surface area (Å²) < 4.78 is 9.88. The molecule has 4 nitrogen and oxygen atoms in total. The summed E-state index contributed by atoms with van der Waals surface area (Å²) in [5, 5.41) is 2.74. The standard InChI is InChI=1S/C38H26BrClN2O2S/c39-26-17-13-23(14-18-26)22-44-33-20-16-24-7-1-3-9-27(24)31(33)21-34-37(43)42-36(29-11-5-6-12-32(29)40)30-19-15-25-8-2-4-10-28(25)35(30)41-38(42)45-34/h1-14,16-18,20-21,36H,15,19,22H2/b34-21+/t36-/m1/s1. The van der Waals surface area contributed by atoms with Gasteiger partial charge in [0.2, 0.25) is 0 Å². The summed E-state index contributed by atoms with van der Waals surface area (Å²) >= 11 is 11.8. The Morgan fingerprint density at radius 3 is 2.56 bits per heavy atom. The highest BCUT2D eigenvalue weighted by Crippen LogP contribution is 2.42. The van der Waals surface area contributed by atoms with Crippen LogP contribution in [-0.2, 0) is 13.0 Å². The lowest BCUT2D eigenvalue weighted by Crippen LogP contribution is -2.38. The first-order valence-corrected chi connectivity index (χ1v) is 16.8. The number of fused-ring (bicyclic) bond motifs is 4. The molecule has 0 bridgehead atoms. The molecule has 7 heteroatoms. The normalized spacial score (nSPS) is 15.8. The van der Waals surface area contributed by atoms with E-state index in [0.717, 1.165) is 67.4 Å². The van der Waals surface area contributed by atoms with Gasteiger partial charge in [0.25, 0.3) is 5.56 Å². The minimum absolute atomic E-state index is 0.0825. The maximum Gasteiger partial charge on any atom is 0.271 e. The van der Waals surface area contributed by atoms with Crippen LogP contribution < -0.4 is 19.6 Å². The van der Waals surface area contributed by atoms with Crippen LogP contribution in [0.4, 0.5) is 0 Å². The maximum absolute atomic E-state index is 14.5. The van der Waals surface area contributed by atoms with E-state index in [1.165, 1.54) is 16.9 Å². The molecule has 45 heavy (non-hydrogen) atoms. The summed E-state index contributed by atoms with van der Waals surface area (Å²) in [6, 6.07) is 36.3. The first-order chi connectivity index (χ1) is 22.0. The van der Waals surface area contributed by atoms with Crippen molar-refractivity contribution in [2.24, 2.45) is 4.99 Å². The predicted octanol–water partition coefficient (Wildman–Crippen LogP) is 8.47. The van der Waals surface area contributed by atoms with Crippen molar-refractivity contribution >= 4 is 61.4 Å². The van der Waals surface area contributed by atoms with Gasteiger partial charge < -0.3 is 4.74 Å². The van der Waals surface area contributed by atoms with E-state index in [4.69, 9.17) is 21.3 Å². The van der Waals surface area contributed by atoms with E-state index in [1.54, 1.807) is 0 Å². The van der Waals surface area contributed by atoms with Gasteiger partial charge >= 0.3 is 0 Å². The quantitative estimate of drug-likeness (QED) is 0.182. The van der Waals surface area contributed by atoms with Crippen molar-refractivity contribution in [3.8, 4) is 5.75 Å². The molecule has 0 saturated carbocycles. The second-order valence-corrected chi connectivity index (χ2v) is 13.6. The Labute approximate surface area is 277 Å². The van der Waals surface area contributed by atoms with Crippen LogP contribution in [0.15, 0.2) is 129 Å². The topological polar surface area (TPSA) is 43.6 Å². The van der Waals surface area contributed by atoms with Gasteiger partial charge in [0.1, 0.15) is 12.4 Å². The van der Waals surface area contributed by atoms with Gasteiger partial charge in [0, 0.05) is 20.6 Å². The van der Waals surface area contributed by atoms with Gasteiger partial charge in [-0.1, -0.05) is 124 Å². The Balaban J connectivity index is 1.33. The van der Waals surface area contributed by atoms with Crippen LogP contribution in [0.1, 0.15) is 40.3 Å². The van der Waals surface area contributed by atoms with E-state index in [1.807, 2.05) is 77.4 Å².